The Morgan fingerprint density at radius 3 is 2.64 bits per heavy atom. The fourth-order valence-corrected chi connectivity index (χ4v) is 3.37. The summed E-state index contributed by atoms with van der Waals surface area (Å²) in [5.41, 5.74) is 0.716. The molecule has 4 N–H and O–H groups in total. The van der Waals surface area contributed by atoms with Gasteiger partial charge in [-0.3, -0.25) is 10.1 Å². The number of benzene rings is 1. The number of carbonyl (C=O) groups excluding carboxylic acids is 2. The summed E-state index contributed by atoms with van der Waals surface area (Å²) in [4.78, 5) is 24.7. The highest BCUT2D eigenvalue weighted by Gasteiger charge is 2.16. The van der Waals surface area contributed by atoms with Crippen LogP contribution in [0.4, 0.5) is 15.5 Å². The zero-order valence-electron chi connectivity index (χ0n) is 13.6. The van der Waals surface area contributed by atoms with Crippen LogP contribution in [0.15, 0.2) is 42.5 Å². The topological polar surface area (TPSA) is 82.3 Å². The fraction of sp³-hybridized carbons (Fsp3) is 0.294. The summed E-state index contributed by atoms with van der Waals surface area (Å²) >= 11 is 1.26. The zero-order chi connectivity index (χ0) is 16.8. The number of urea groups is 1. The van der Waals surface area contributed by atoms with Crippen molar-refractivity contribution in [3.63, 3.8) is 0 Å². The van der Waals surface area contributed by atoms with Crippen molar-refractivity contribution in [2.24, 2.45) is 0 Å². The fourth-order valence-electron chi connectivity index (χ4n) is 2.56. The van der Waals surface area contributed by atoms with E-state index >= 15 is 0 Å². The largest absolute Gasteiger partial charge is 0.350 e. The Bertz CT molecular complexity index is 702. The summed E-state index contributed by atoms with van der Waals surface area (Å²) in [5, 5.41) is 12.4. The van der Waals surface area contributed by atoms with E-state index in [9.17, 15) is 9.59 Å². The van der Waals surface area contributed by atoms with Gasteiger partial charge in [-0.25, -0.2) is 4.79 Å². The molecule has 3 rings (SSSR count). The number of halogens is 1. The summed E-state index contributed by atoms with van der Waals surface area (Å²) in [6.07, 6.45) is 2.25. The smallest absolute Gasteiger partial charge is 0.324 e. The maximum atomic E-state index is 12.1. The second-order valence-corrected chi connectivity index (χ2v) is 6.70. The molecule has 0 radical (unpaired) electrons. The van der Waals surface area contributed by atoms with Gasteiger partial charge in [-0.2, -0.15) is 0 Å². The Kier molecular flexibility index (Phi) is 7.24. The molecule has 25 heavy (non-hydrogen) atoms. The molecule has 1 saturated heterocycles. The van der Waals surface area contributed by atoms with Crippen molar-refractivity contribution in [3.05, 3.63) is 47.3 Å². The first-order valence-corrected chi connectivity index (χ1v) is 8.77. The minimum atomic E-state index is -0.329. The lowest BCUT2D eigenvalue weighted by Gasteiger charge is -2.10. The molecule has 1 atom stereocenters. The molecule has 0 bridgehead atoms. The van der Waals surface area contributed by atoms with Crippen molar-refractivity contribution in [2.45, 2.75) is 18.9 Å². The number of para-hydroxylation sites is 1. The first-order chi connectivity index (χ1) is 11.7. The van der Waals surface area contributed by atoms with Crippen molar-refractivity contribution >= 4 is 46.4 Å². The van der Waals surface area contributed by atoms with Crippen molar-refractivity contribution in [3.8, 4) is 0 Å². The average Bonchev–Trinajstić information content (AvgIpc) is 3.25. The minimum absolute atomic E-state index is 0. The number of thiophene rings is 1. The Labute approximate surface area is 156 Å². The lowest BCUT2D eigenvalue weighted by Crippen LogP contribution is -2.36. The Balaban J connectivity index is 0.00000225. The van der Waals surface area contributed by atoms with Gasteiger partial charge in [-0.15, -0.1) is 23.7 Å². The molecule has 1 fully saturated rings. The summed E-state index contributed by atoms with van der Waals surface area (Å²) in [6.45, 7) is 1.65. The van der Waals surface area contributed by atoms with Crippen LogP contribution in [-0.4, -0.2) is 31.1 Å². The molecule has 1 aliphatic rings. The molecule has 1 aromatic heterocycles. The van der Waals surface area contributed by atoms with Crippen LogP contribution in [0.3, 0.4) is 0 Å². The molecule has 6 nitrogen and oxygen atoms in total. The van der Waals surface area contributed by atoms with E-state index < -0.39 is 0 Å². The second-order valence-electron chi connectivity index (χ2n) is 5.61. The molecule has 2 heterocycles. The molecule has 0 saturated carbocycles. The van der Waals surface area contributed by atoms with E-state index in [1.807, 2.05) is 30.3 Å². The van der Waals surface area contributed by atoms with E-state index in [2.05, 4.69) is 21.3 Å². The number of rotatable bonds is 5. The number of anilines is 2. The number of amides is 3. The maximum absolute atomic E-state index is 12.1. The minimum Gasteiger partial charge on any atom is -0.350 e. The molecule has 8 heteroatoms. The summed E-state index contributed by atoms with van der Waals surface area (Å²) in [6, 6.07) is 12.7. The van der Waals surface area contributed by atoms with E-state index in [4.69, 9.17) is 0 Å². The van der Waals surface area contributed by atoms with Gasteiger partial charge in [0.15, 0.2) is 0 Å². The molecule has 3 amide bonds. The molecule has 2 aromatic rings. The van der Waals surface area contributed by atoms with E-state index in [1.54, 1.807) is 12.1 Å². The van der Waals surface area contributed by atoms with Crippen LogP contribution in [0.2, 0.25) is 0 Å². The van der Waals surface area contributed by atoms with Crippen LogP contribution in [0.1, 0.15) is 22.5 Å². The van der Waals surface area contributed by atoms with E-state index in [-0.39, 0.29) is 24.3 Å². The normalized spacial score (nSPS) is 15.9. The highest BCUT2D eigenvalue weighted by Crippen LogP contribution is 2.22. The van der Waals surface area contributed by atoms with Crippen LogP contribution in [-0.2, 0) is 0 Å². The molecule has 1 aromatic carbocycles. The number of hydrogen-bond acceptors (Lipinski definition) is 4. The van der Waals surface area contributed by atoms with Gasteiger partial charge in [0.2, 0.25) is 0 Å². The number of nitrogens with one attached hydrogen (secondary N) is 4. The van der Waals surface area contributed by atoms with Gasteiger partial charge in [0.1, 0.15) is 0 Å². The Morgan fingerprint density at radius 2 is 1.92 bits per heavy atom. The molecule has 134 valence electrons. The SMILES string of the molecule is Cl.O=C(Nc1ccccc1)Nc1ccc(C(=O)NCC2CCCN2)s1. The number of hydrogen-bond donors (Lipinski definition) is 4. The predicted molar refractivity (Wildman–Crippen MR) is 104 cm³/mol. The first-order valence-electron chi connectivity index (χ1n) is 7.95. The average molecular weight is 381 g/mol. The quantitative estimate of drug-likeness (QED) is 0.642. The van der Waals surface area contributed by atoms with Gasteiger partial charge in [0, 0.05) is 18.3 Å². The third kappa shape index (κ3) is 5.74. The Hall–Kier alpha value is -2.09. The van der Waals surface area contributed by atoms with E-state index in [1.165, 1.54) is 11.3 Å². The zero-order valence-corrected chi connectivity index (χ0v) is 15.2. The number of carbonyl (C=O) groups is 2. The summed E-state index contributed by atoms with van der Waals surface area (Å²) in [7, 11) is 0. The highest BCUT2D eigenvalue weighted by atomic mass is 35.5. The highest BCUT2D eigenvalue weighted by molar-refractivity contribution is 7.18. The van der Waals surface area contributed by atoms with Gasteiger partial charge in [-0.05, 0) is 43.7 Å². The maximum Gasteiger partial charge on any atom is 0.324 e. The standard InChI is InChI=1S/C17H20N4O2S.ClH/c22-16(19-11-13-7-4-10-18-13)14-8-9-15(24-14)21-17(23)20-12-5-2-1-3-6-12;/h1-3,5-6,8-9,13,18H,4,7,10-11H2,(H,19,22)(H2,20,21,23);1H. The van der Waals surface area contributed by atoms with Crippen LogP contribution in [0, 0.1) is 0 Å². The van der Waals surface area contributed by atoms with Gasteiger partial charge in [-0.1, -0.05) is 18.2 Å². The first kappa shape index (κ1) is 19.2. The third-order valence-electron chi connectivity index (χ3n) is 3.77. The molecule has 0 aliphatic carbocycles. The molecule has 0 spiro atoms. The van der Waals surface area contributed by atoms with Crippen LogP contribution in [0.25, 0.3) is 0 Å². The molecular formula is C17H21ClN4O2S. The van der Waals surface area contributed by atoms with Crippen LogP contribution in [0.5, 0.6) is 0 Å². The monoisotopic (exact) mass is 380 g/mol. The van der Waals surface area contributed by atoms with Gasteiger partial charge >= 0.3 is 6.03 Å². The summed E-state index contributed by atoms with van der Waals surface area (Å²) < 4.78 is 0. The molecule has 1 unspecified atom stereocenters. The lowest BCUT2D eigenvalue weighted by molar-refractivity contribution is 0.0954. The summed E-state index contributed by atoms with van der Waals surface area (Å²) in [5.74, 6) is -0.106. The van der Waals surface area contributed by atoms with Crippen LogP contribution >= 0.6 is 23.7 Å². The predicted octanol–water partition coefficient (Wildman–Crippen LogP) is 3.30. The van der Waals surface area contributed by atoms with Gasteiger partial charge in [0.05, 0.1) is 9.88 Å². The lowest BCUT2D eigenvalue weighted by atomic mass is 10.2. The Morgan fingerprint density at radius 1 is 1.12 bits per heavy atom. The van der Waals surface area contributed by atoms with Gasteiger partial charge in [0.25, 0.3) is 5.91 Å². The molecule has 1 aliphatic heterocycles. The second kappa shape index (κ2) is 9.41. The van der Waals surface area contributed by atoms with Crippen LogP contribution < -0.4 is 21.3 Å². The van der Waals surface area contributed by atoms with Crippen molar-refractivity contribution in [1.82, 2.24) is 10.6 Å². The van der Waals surface area contributed by atoms with E-state index in [0.29, 0.717) is 28.2 Å². The van der Waals surface area contributed by atoms with Gasteiger partial charge < -0.3 is 16.0 Å². The van der Waals surface area contributed by atoms with Crippen molar-refractivity contribution < 1.29 is 9.59 Å². The van der Waals surface area contributed by atoms with Crippen molar-refractivity contribution in [1.29, 1.82) is 0 Å². The van der Waals surface area contributed by atoms with E-state index in [0.717, 1.165) is 19.4 Å². The third-order valence-corrected chi connectivity index (χ3v) is 4.77. The molecular weight excluding hydrogens is 360 g/mol. The van der Waals surface area contributed by atoms with Crippen molar-refractivity contribution in [2.75, 3.05) is 23.7 Å².